The van der Waals surface area contributed by atoms with Crippen molar-refractivity contribution in [2.45, 2.75) is 50.7 Å². The van der Waals surface area contributed by atoms with E-state index in [2.05, 4.69) is 11.9 Å². The second-order valence-corrected chi connectivity index (χ2v) is 11.1. The number of fused-ring (bicyclic) bond motifs is 1. The number of benzene rings is 1. The summed E-state index contributed by atoms with van der Waals surface area (Å²) in [6.45, 7) is 9.08. The molecule has 1 N–H and O–H groups in total. The zero-order valence-corrected chi connectivity index (χ0v) is 20.6. The minimum absolute atomic E-state index is 0.0468. The van der Waals surface area contributed by atoms with Gasteiger partial charge in [-0.15, -0.1) is 0 Å². The number of rotatable bonds is 7. The van der Waals surface area contributed by atoms with E-state index in [-0.39, 0.29) is 23.5 Å². The summed E-state index contributed by atoms with van der Waals surface area (Å²) in [6.07, 6.45) is 5.81. The highest BCUT2D eigenvalue weighted by molar-refractivity contribution is 7.89. The summed E-state index contributed by atoms with van der Waals surface area (Å²) >= 11 is 0. The second-order valence-electron chi connectivity index (χ2n) is 9.22. The van der Waals surface area contributed by atoms with Gasteiger partial charge in [-0.3, -0.25) is 0 Å². The van der Waals surface area contributed by atoms with E-state index in [4.69, 9.17) is 9.47 Å². The molecule has 0 radical (unpaired) electrons. The van der Waals surface area contributed by atoms with Gasteiger partial charge in [-0.2, -0.15) is 4.31 Å². The van der Waals surface area contributed by atoms with Gasteiger partial charge in [0, 0.05) is 44.8 Å². The summed E-state index contributed by atoms with van der Waals surface area (Å²) in [5.74, 6) is 0.943. The molecule has 0 bridgehead atoms. The third-order valence-corrected chi connectivity index (χ3v) is 8.47. The van der Waals surface area contributed by atoms with Crippen LogP contribution in [0.4, 0.5) is 0 Å². The fraction of sp³-hybridized carbons (Fsp3) is 0.667. The molecule has 1 aromatic rings. The van der Waals surface area contributed by atoms with Crippen LogP contribution in [-0.2, 0) is 14.8 Å². The van der Waals surface area contributed by atoms with Gasteiger partial charge < -0.3 is 19.5 Å². The van der Waals surface area contributed by atoms with Gasteiger partial charge in [-0.05, 0) is 57.4 Å². The lowest BCUT2D eigenvalue weighted by Gasteiger charge is -2.38. The Bertz CT molecular complexity index is 882. The Labute approximate surface area is 193 Å². The van der Waals surface area contributed by atoms with Crippen molar-refractivity contribution in [1.82, 2.24) is 9.21 Å². The third-order valence-electron chi connectivity index (χ3n) is 6.45. The molecule has 180 valence electrons. The van der Waals surface area contributed by atoms with Gasteiger partial charge >= 0.3 is 0 Å². The van der Waals surface area contributed by atoms with E-state index in [0.717, 1.165) is 38.2 Å². The maximum absolute atomic E-state index is 13.5. The fourth-order valence-electron chi connectivity index (χ4n) is 4.51. The van der Waals surface area contributed by atoms with Crippen molar-refractivity contribution >= 4 is 16.1 Å². The van der Waals surface area contributed by atoms with Crippen molar-refractivity contribution in [3.8, 4) is 5.75 Å². The van der Waals surface area contributed by atoms with Crippen LogP contribution >= 0.6 is 0 Å². The molecule has 2 heterocycles. The van der Waals surface area contributed by atoms with Crippen molar-refractivity contribution < 1.29 is 23.0 Å². The lowest BCUT2D eigenvalue weighted by molar-refractivity contribution is 0.0402. The molecule has 1 fully saturated rings. The van der Waals surface area contributed by atoms with E-state index >= 15 is 0 Å². The number of aliphatic hydroxyl groups is 1. The number of hydrogen-bond donors (Lipinski definition) is 1. The number of allylic oxidation sites excluding steroid dienone is 1. The first-order valence-electron chi connectivity index (χ1n) is 11.6. The first kappa shape index (κ1) is 25.2. The van der Waals surface area contributed by atoms with Gasteiger partial charge in [-0.25, -0.2) is 8.42 Å². The Morgan fingerprint density at radius 1 is 1.28 bits per heavy atom. The minimum atomic E-state index is -3.80. The molecule has 0 aromatic heterocycles. The predicted octanol–water partition coefficient (Wildman–Crippen LogP) is 2.85. The maximum atomic E-state index is 13.5. The highest BCUT2D eigenvalue weighted by Crippen LogP contribution is 2.34. The zero-order chi connectivity index (χ0) is 23.3. The first-order chi connectivity index (χ1) is 15.3. The molecule has 0 aliphatic carbocycles. The van der Waals surface area contributed by atoms with Crippen molar-refractivity contribution in [2.24, 2.45) is 11.8 Å². The van der Waals surface area contributed by atoms with Gasteiger partial charge in [0.2, 0.25) is 10.0 Å². The smallest absolute Gasteiger partial charge is 0.247 e. The topological polar surface area (TPSA) is 79.3 Å². The van der Waals surface area contributed by atoms with E-state index in [0.29, 0.717) is 24.8 Å². The van der Waals surface area contributed by atoms with E-state index < -0.39 is 16.1 Å². The Morgan fingerprint density at radius 3 is 2.66 bits per heavy atom. The predicted molar refractivity (Wildman–Crippen MR) is 126 cm³/mol. The molecule has 7 nitrogen and oxygen atoms in total. The van der Waals surface area contributed by atoms with E-state index in [1.165, 1.54) is 4.31 Å². The average Bonchev–Trinajstić information content (AvgIpc) is 2.76. The quantitative estimate of drug-likeness (QED) is 0.666. The molecule has 2 aliphatic heterocycles. The number of likely N-dealkylation sites (N-methyl/N-ethyl adjacent to an activating group) is 1. The summed E-state index contributed by atoms with van der Waals surface area (Å²) in [5.41, 5.74) is 0.894. The van der Waals surface area contributed by atoms with Crippen LogP contribution in [0.5, 0.6) is 5.75 Å². The van der Waals surface area contributed by atoms with Crippen LogP contribution in [-0.4, -0.2) is 81.4 Å². The standard InChI is InChI=1S/C24H38N2O5S/c1-5-6-20-7-8-24-22(13-20)31-23(16-25(4)15-21-9-11-30-12-10-21)18(2)14-26(19(3)17-27)32(24,28)29/h5-8,13,18-19,21,23,27H,9-12,14-17H2,1-4H3/t18-,19-,23+/m0/s1. The van der Waals surface area contributed by atoms with Crippen LogP contribution in [0.2, 0.25) is 0 Å². The Kier molecular flexibility index (Phi) is 8.75. The number of aliphatic hydroxyl groups excluding tert-OH is 1. The molecule has 8 heteroatoms. The van der Waals surface area contributed by atoms with Gasteiger partial charge in [-0.1, -0.05) is 25.1 Å². The third kappa shape index (κ3) is 5.91. The fourth-order valence-corrected chi connectivity index (χ4v) is 6.33. The average molecular weight is 467 g/mol. The van der Waals surface area contributed by atoms with Crippen LogP contribution < -0.4 is 4.74 Å². The summed E-state index contributed by atoms with van der Waals surface area (Å²) < 4.78 is 40.3. The van der Waals surface area contributed by atoms with Gasteiger partial charge in [0.1, 0.15) is 16.7 Å². The summed E-state index contributed by atoms with van der Waals surface area (Å²) in [7, 11) is -1.69. The molecule has 32 heavy (non-hydrogen) atoms. The molecule has 3 atom stereocenters. The summed E-state index contributed by atoms with van der Waals surface area (Å²) in [5, 5.41) is 9.76. The van der Waals surface area contributed by atoms with Crippen molar-refractivity contribution in [3.63, 3.8) is 0 Å². The molecule has 0 spiro atoms. The van der Waals surface area contributed by atoms with Crippen molar-refractivity contribution in [2.75, 3.05) is 46.5 Å². The van der Waals surface area contributed by atoms with Crippen molar-refractivity contribution in [3.05, 3.63) is 29.8 Å². The maximum Gasteiger partial charge on any atom is 0.247 e. The Morgan fingerprint density at radius 2 is 2.00 bits per heavy atom. The number of sulfonamides is 1. The molecule has 1 aromatic carbocycles. The van der Waals surface area contributed by atoms with Crippen LogP contribution in [0.1, 0.15) is 39.2 Å². The SMILES string of the molecule is CC=Cc1ccc2c(c1)O[C@H](CN(C)CC1CCOCC1)[C@@H](C)CN([C@@H](C)CO)S2(=O)=O. The molecule has 1 saturated heterocycles. The number of nitrogens with zero attached hydrogens (tertiary/aromatic N) is 2. The summed E-state index contributed by atoms with van der Waals surface area (Å²) in [6, 6.07) is 4.71. The molecule has 3 rings (SSSR count). The van der Waals surface area contributed by atoms with Crippen LogP contribution in [0.25, 0.3) is 6.08 Å². The minimum Gasteiger partial charge on any atom is -0.487 e. The second kappa shape index (κ2) is 11.1. The van der Waals surface area contributed by atoms with Crippen LogP contribution in [0, 0.1) is 11.8 Å². The zero-order valence-electron chi connectivity index (χ0n) is 19.7. The van der Waals surface area contributed by atoms with Crippen molar-refractivity contribution in [1.29, 1.82) is 0 Å². The Hall–Kier alpha value is -1.45. The molecule has 0 saturated carbocycles. The molecule has 0 unspecified atom stereocenters. The normalized spacial score (nSPS) is 25.8. The lowest BCUT2D eigenvalue weighted by atomic mass is 9.98. The number of hydrogen-bond acceptors (Lipinski definition) is 6. The van der Waals surface area contributed by atoms with Crippen LogP contribution in [0.15, 0.2) is 29.2 Å². The van der Waals surface area contributed by atoms with Gasteiger partial charge in [0.05, 0.1) is 6.61 Å². The lowest BCUT2D eigenvalue weighted by Crippen LogP contribution is -2.50. The highest BCUT2D eigenvalue weighted by atomic mass is 32.2. The monoisotopic (exact) mass is 466 g/mol. The van der Waals surface area contributed by atoms with E-state index in [1.54, 1.807) is 25.1 Å². The van der Waals surface area contributed by atoms with Gasteiger partial charge in [0.15, 0.2) is 0 Å². The van der Waals surface area contributed by atoms with E-state index in [1.807, 2.05) is 26.0 Å². The molecule has 2 aliphatic rings. The first-order valence-corrected chi connectivity index (χ1v) is 13.0. The largest absolute Gasteiger partial charge is 0.487 e. The van der Waals surface area contributed by atoms with Crippen LogP contribution in [0.3, 0.4) is 0 Å². The number of ether oxygens (including phenoxy) is 2. The molecular formula is C24H38N2O5S. The highest BCUT2D eigenvalue weighted by Gasteiger charge is 2.38. The Balaban J connectivity index is 1.91. The van der Waals surface area contributed by atoms with Gasteiger partial charge in [0.25, 0.3) is 0 Å². The molecular weight excluding hydrogens is 428 g/mol. The molecule has 0 amide bonds. The van der Waals surface area contributed by atoms with E-state index in [9.17, 15) is 13.5 Å². The summed E-state index contributed by atoms with van der Waals surface area (Å²) in [4.78, 5) is 2.46.